The Morgan fingerprint density at radius 2 is 1.13 bits per heavy atom. The molecule has 1 heterocycles. The number of rotatable bonds is 14. The number of esters is 4. The summed E-state index contributed by atoms with van der Waals surface area (Å²) in [5.41, 5.74) is -0.173. The van der Waals surface area contributed by atoms with Gasteiger partial charge in [0, 0.05) is 20.1 Å². The Hall–Kier alpha value is -3.71. The van der Waals surface area contributed by atoms with Crippen LogP contribution in [0, 0.1) is 0 Å². The number of alkyl halides is 2. The van der Waals surface area contributed by atoms with E-state index >= 15 is 0 Å². The van der Waals surface area contributed by atoms with Crippen LogP contribution in [-0.2, 0) is 28.5 Å². The van der Waals surface area contributed by atoms with E-state index in [1.807, 2.05) is 0 Å². The van der Waals surface area contributed by atoms with Crippen LogP contribution in [-0.4, -0.2) is 104 Å². The number of benzene rings is 4. The Balaban J connectivity index is 0.000000273. The molecule has 1 unspecified atom stereocenters. The van der Waals surface area contributed by atoms with Gasteiger partial charge in [-0.15, -0.1) is 0 Å². The summed E-state index contributed by atoms with van der Waals surface area (Å²) in [5.74, 6) is -3.74. The van der Waals surface area contributed by atoms with Crippen molar-refractivity contribution in [2.24, 2.45) is 5.16 Å². The lowest BCUT2D eigenvalue weighted by molar-refractivity contribution is -0.122. The van der Waals surface area contributed by atoms with E-state index in [4.69, 9.17) is 116 Å². The monoisotopic (exact) mass is 1020 g/mol. The van der Waals surface area contributed by atoms with Crippen molar-refractivity contribution in [3.63, 3.8) is 0 Å². The predicted octanol–water partition coefficient (Wildman–Crippen LogP) is 9.75. The molecule has 4 aromatic rings. The third kappa shape index (κ3) is 14.1. The average Bonchev–Trinajstić information content (AvgIpc) is 3.47. The minimum atomic E-state index is -2.11. The number of ether oxygens (including phenoxy) is 5. The minimum Gasteiger partial charge on any atom is -0.459 e. The summed E-state index contributed by atoms with van der Waals surface area (Å²) in [7, 11) is 1.17. The fourth-order valence-corrected chi connectivity index (χ4v) is 7.04. The zero-order valence-electron chi connectivity index (χ0n) is 31.2. The maximum Gasteiger partial charge on any atom is 0.340 e. The minimum absolute atomic E-state index is 0.00253. The normalized spacial score (nSPS) is 18.5. The zero-order chi connectivity index (χ0) is 45.8. The van der Waals surface area contributed by atoms with Crippen LogP contribution >= 0.6 is 92.8 Å². The molecule has 1 fully saturated rings. The number of aliphatic hydroxyl groups is 2. The first-order valence-electron chi connectivity index (χ1n) is 17.2. The van der Waals surface area contributed by atoms with Crippen molar-refractivity contribution in [1.29, 1.82) is 0 Å². The Bertz CT molecular complexity index is 2290. The molecule has 332 valence electrons. The molecule has 23 heteroatoms. The van der Waals surface area contributed by atoms with E-state index in [1.165, 1.54) is 79.9 Å². The van der Waals surface area contributed by atoms with Crippen molar-refractivity contribution in [3.8, 4) is 0 Å². The van der Waals surface area contributed by atoms with Crippen LogP contribution in [0.1, 0.15) is 41.4 Å². The van der Waals surface area contributed by atoms with E-state index < -0.39 is 80.1 Å². The van der Waals surface area contributed by atoms with E-state index in [9.17, 15) is 38.2 Å². The highest BCUT2D eigenvalue weighted by molar-refractivity contribution is 6.38. The number of carbonyl (C=O) groups excluding carboxylic acids is 4. The second-order valence-corrected chi connectivity index (χ2v) is 15.8. The van der Waals surface area contributed by atoms with Gasteiger partial charge in [-0.25, -0.2) is 28.0 Å². The molecule has 5 rings (SSSR count). The second kappa shape index (κ2) is 23.8. The van der Waals surface area contributed by atoms with Crippen LogP contribution in [0.15, 0.2) is 78.0 Å². The van der Waals surface area contributed by atoms with Crippen molar-refractivity contribution in [2.75, 3.05) is 20.3 Å². The van der Waals surface area contributed by atoms with Crippen LogP contribution < -0.4 is 0 Å². The van der Waals surface area contributed by atoms with Crippen molar-refractivity contribution < 1.29 is 66.7 Å². The number of nitrogens with zero attached hydrogens (tertiary/aromatic N) is 1. The third-order valence-corrected chi connectivity index (χ3v) is 10.3. The van der Waals surface area contributed by atoms with E-state index in [-0.39, 0.29) is 47.4 Å². The zero-order valence-corrected chi connectivity index (χ0v) is 37.2. The number of hydrogen-bond acceptors (Lipinski definition) is 13. The molecule has 13 nitrogen and oxygen atoms in total. The van der Waals surface area contributed by atoms with Crippen LogP contribution in [0.3, 0.4) is 0 Å². The maximum atomic E-state index is 14.6. The van der Waals surface area contributed by atoms with Gasteiger partial charge in [0.15, 0.2) is 30.8 Å². The van der Waals surface area contributed by atoms with Gasteiger partial charge in [0.2, 0.25) is 0 Å². The Labute approximate surface area is 391 Å². The average molecular weight is 1030 g/mol. The number of oxime groups is 1. The first-order valence-corrected chi connectivity index (χ1v) is 20.3. The topological polar surface area (TPSA) is 176 Å². The SMILES string of the molecule is CON=C[C@@H](F)[C@H](OC(=O)c1ccc(Cl)cc1Cl)[C@H](O)COC(=O)c1ccc(Cl)cc1Cl.O=C(OC[C@H]1OC(O)[C@@H](F)[C@@H]1OC(=O)c1ccc(Cl)cc1Cl)c1ccc(Cl)cc1Cl. The van der Waals surface area contributed by atoms with Gasteiger partial charge in [0.05, 0.1) is 48.6 Å². The third-order valence-electron chi connectivity index (χ3n) is 8.12. The summed E-state index contributed by atoms with van der Waals surface area (Å²) in [4.78, 5) is 53.7. The van der Waals surface area contributed by atoms with Crippen LogP contribution in [0.5, 0.6) is 0 Å². The number of carbonyl (C=O) groups is 4. The predicted molar refractivity (Wildman–Crippen MR) is 227 cm³/mol. The molecule has 0 amide bonds. The van der Waals surface area contributed by atoms with Crippen LogP contribution in [0.25, 0.3) is 0 Å². The number of hydrogen-bond donors (Lipinski definition) is 2. The molecule has 1 aliphatic heterocycles. The molecule has 0 spiro atoms. The highest BCUT2D eigenvalue weighted by Crippen LogP contribution is 2.30. The van der Waals surface area contributed by atoms with Gasteiger partial charge in [0.25, 0.3) is 0 Å². The summed E-state index contributed by atoms with van der Waals surface area (Å²) in [6.45, 7) is -1.24. The maximum absolute atomic E-state index is 14.6. The van der Waals surface area contributed by atoms with Gasteiger partial charge in [-0.05, 0) is 72.8 Å². The van der Waals surface area contributed by atoms with E-state index in [0.717, 1.165) is 0 Å². The summed E-state index contributed by atoms with van der Waals surface area (Å²) in [5, 5.41) is 24.6. The number of halogens is 10. The second-order valence-electron chi connectivity index (χ2n) is 12.4. The molecule has 2 N–H and O–H groups in total. The highest BCUT2D eigenvalue weighted by atomic mass is 35.5. The molecular formula is C39H29Cl8F2NO12. The fraction of sp³-hybridized carbons (Fsp3) is 0.256. The van der Waals surface area contributed by atoms with E-state index in [0.29, 0.717) is 21.3 Å². The van der Waals surface area contributed by atoms with Gasteiger partial charge < -0.3 is 38.7 Å². The van der Waals surface area contributed by atoms with Gasteiger partial charge in [0.1, 0.15) is 32.5 Å². The number of aliphatic hydroxyl groups excluding tert-OH is 2. The molecule has 0 radical (unpaired) electrons. The molecule has 7 atom stereocenters. The van der Waals surface area contributed by atoms with Crippen LogP contribution in [0.2, 0.25) is 40.2 Å². The molecular weight excluding hydrogens is 996 g/mol. The van der Waals surface area contributed by atoms with Crippen molar-refractivity contribution in [3.05, 3.63) is 135 Å². The molecule has 62 heavy (non-hydrogen) atoms. The summed E-state index contributed by atoms with van der Waals surface area (Å²) >= 11 is 47.0. The Morgan fingerprint density at radius 1 is 0.710 bits per heavy atom. The molecule has 0 bridgehead atoms. The lowest BCUT2D eigenvalue weighted by Gasteiger charge is -2.24. The van der Waals surface area contributed by atoms with Crippen molar-refractivity contribution in [1.82, 2.24) is 0 Å². The fourth-order valence-electron chi connectivity index (χ4n) is 5.10. The molecule has 1 saturated heterocycles. The first kappa shape index (κ1) is 50.9. The van der Waals surface area contributed by atoms with Gasteiger partial charge >= 0.3 is 23.9 Å². The molecule has 4 aromatic carbocycles. The summed E-state index contributed by atoms with van der Waals surface area (Å²) < 4.78 is 54.2. The van der Waals surface area contributed by atoms with Crippen molar-refractivity contribution in [2.45, 2.75) is 43.0 Å². The molecule has 1 aliphatic rings. The van der Waals surface area contributed by atoms with Gasteiger partial charge in [-0.3, -0.25) is 0 Å². The van der Waals surface area contributed by atoms with E-state index in [2.05, 4.69) is 9.99 Å². The summed E-state index contributed by atoms with van der Waals surface area (Å²) in [6.07, 6.45) is -11.8. The van der Waals surface area contributed by atoms with Gasteiger partial charge in [-0.2, -0.15) is 0 Å². The Kier molecular flexibility index (Phi) is 19.6. The van der Waals surface area contributed by atoms with Crippen LogP contribution in [0.4, 0.5) is 8.78 Å². The first-order chi connectivity index (χ1) is 29.3. The van der Waals surface area contributed by atoms with E-state index in [1.54, 1.807) is 0 Å². The largest absolute Gasteiger partial charge is 0.459 e. The standard InChI is InChI=1S/C20H16Cl4FNO6.C19H13Cl4FO6/c1-30-26-8-16(25)18(32-20(29)13-5-3-11(22)7-15(13)24)17(27)9-31-19(28)12-4-2-10(21)6-14(12)23;20-8-1-3-10(12(22)5-8)17(25)28-7-14-16(15(24)19(27)29-14)30-18(26)11-4-2-9(21)6-13(11)23/h2-8,16-18,27H,9H2,1H3;1-6,14-16,19,27H,7H2/t16-,17-,18+;14-,15+,16-,19?/m11/s1. The highest BCUT2D eigenvalue weighted by Gasteiger charge is 2.48. The molecule has 0 saturated carbocycles. The lowest BCUT2D eigenvalue weighted by atomic mass is 10.1. The smallest absolute Gasteiger partial charge is 0.340 e. The summed E-state index contributed by atoms with van der Waals surface area (Å²) in [6, 6.07) is 16.2. The van der Waals surface area contributed by atoms with Crippen molar-refractivity contribution >= 4 is 123 Å². The molecule has 0 aromatic heterocycles. The Morgan fingerprint density at radius 3 is 1.56 bits per heavy atom. The quantitative estimate of drug-likeness (QED) is 0.0530. The van der Waals surface area contributed by atoms with Gasteiger partial charge in [-0.1, -0.05) is 98.0 Å². The lowest BCUT2D eigenvalue weighted by Crippen LogP contribution is -2.43. The molecule has 0 aliphatic carbocycles.